The lowest BCUT2D eigenvalue weighted by Crippen LogP contribution is -2.19. The highest BCUT2D eigenvalue weighted by molar-refractivity contribution is 7.14. The molecule has 5 rings (SSSR count). The van der Waals surface area contributed by atoms with Crippen LogP contribution >= 0.6 is 11.3 Å². The fourth-order valence-corrected chi connectivity index (χ4v) is 3.87. The van der Waals surface area contributed by atoms with E-state index in [0.717, 1.165) is 29.5 Å². The fraction of sp³-hybridized carbons (Fsp3) is 0.263. The molecule has 1 aliphatic carbocycles. The first-order valence-corrected chi connectivity index (χ1v) is 9.94. The number of carbonyl (C=O) groups is 2. The molecule has 0 radical (unpaired) electrons. The number of carbonyl (C=O) groups excluding carboxylic acids is 2. The average molecular weight is 394 g/mol. The van der Waals surface area contributed by atoms with Gasteiger partial charge in [0.15, 0.2) is 5.65 Å². The molecule has 2 N–H and O–H groups in total. The number of nitrogens with one attached hydrogen (secondary N) is 2. The summed E-state index contributed by atoms with van der Waals surface area (Å²) in [6, 6.07) is 6.48. The van der Waals surface area contributed by atoms with Crippen molar-refractivity contribution in [1.82, 2.24) is 19.9 Å². The summed E-state index contributed by atoms with van der Waals surface area (Å²) in [6.07, 6.45) is 5.74. The predicted octanol–water partition coefficient (Wildman–Crippen LogP) is 2.56. The summed E-state index contributed by atoms with van der Waals surface area (Å²) in [5.74, 6) is 1.01. The van der Waals surface area contributed by atoms with Gasteiger partial charge in [0.1, 0.15) is 11.6 Å². The summed E-state index contributed by atoms with van der Waals surface area (Å²) < 4.78 is 1.76. The smallest absolute Gasteiger partial charge is 0.254 e. The Morgan fingerprint density at radius 3 is 2.93 bits per heavy atom. The van der Waals surface area contributed by atoms with Gasteiger partial charge < -0.3 is 10.2 Å². The van der Waals surface area contributed by atoms with Gasteiger partial charge in [0.2, 0.25) is 5.91 Å². The van der Waals surface area contributed by atoms with Crippen LogP contribution in [0.4, 0.5) is 16.6 Å². The maximum Gasteiger partial charge on any atom is 0.254 e. The van der Waals surface area contributed by atoms with Crippen LogP contribution in [0.5, 0.6) is 0 Å². The Balaban J connectivity index is 1.62. The van der Waals surface area contributed by atoms with Crippen LogP contribution in [0.3, 0.4) is 0 Å². The third-order valence-corrected chi connectivity index (χ3v) is 5.77. The molecule has 0 unspecified atom stereocenters. The number of hydrogen-bond acceptors (Lipinski definition) is 7. The summed E-state index contributed by atoms with van der Waals surface area (Å²) in [6.45, 7) is 0. The molecule has 1 aliphatic heterocycles. The minimum atomic E-state index is -0.354. The number of rotatable bonds is 5. The van der Waals surface area contributed by atoms with Gasteiger partial charge >= 0.3 is 0 Å². The molecule has 142 valence electrons. The Hall–Kier alpha value is -3.20. The highest BCUT2D eigenvalue weighted by atomic mass is 32.1. The molecule has 0 spiro atoms. The van der Waals surface area contributed by atoms with E-state index in [1.807, 2.05) is 35.5 Å². The number of anilines is 3. The number of amides is 2. The molecular formula is C19H18N6O2S. The third kappa shape index (κ3) is 3.03. The van der Waals surface area contributed by atoms with Crippen molar-refractivity contribution in [2.75, 3.05) is 17.3 Å². The predicted molar refractivity (Wildman–Crippen MR) is 108 cm³/mol. The number of hydrogen-bond donors (Lipinski definition) is 2. The second kappa shape index (κ2) is 6.45. The molecule has 2 amide bonds. The maximum absolute atomic E-state index is 11.9. The van der Waals surface area contributed by atoms with Crippen molar-refractivity contribution < 1.29 is 9.59 Å². The van der Waals surface area contributed by atoms with Crippen LogP contribution in [0, 0.1) is 0 Å². The van der Waals surface area contributed by atoms with Crippen molar-refractivity contribution >= 4 is 51.5 Å². The zero-order valence-electron chi connectivity index (χ0n) is 15.2. The highest BCUT2D eigenvalue weighted by Gasteiger charge is 2.26. The summed E-state index contributed by atoms with van der Waals surface area (Å²) >= 11 is 1.64. The van der Waals surface area contributed by atoms with Gasteiger partial charge in [-0.25, -0.2) is 4.98 Å². The van der Waals surface area contributed by atoms with Crippen LogP contribution < -0.4 is 15.5 Å². The van der Waals surface area contributed by atoms with Gasteiger partial charge in [0, 0.05) is 30.3 Å². The van der Waals surface area contributed by atoms with Crippen molar-refractivity contribution in [1.29, 1.82) is 0 Å². The molecule has 9 heteroatoms. The van der Waals surface area contributed by atoms with Gasteiger partial charge in [-0.05, 0) is 36.4 Å². The molecule has 1 saturated carbocycles. The Kier molecular flexibility index (Phi) is 3.90. The quantitative estimate of drug-likeness (QED) is 0.510. The van der Waals surface area contributed by atoms with Crippen molar-refractivity contribution in [3.63, 3.8) is 0 Å². The summed E-state index contributed by atoms with van der Waals surface area (Å²) in [5.41, 5.74) is 1.78. The molecule has 2 aliphatic rings. The second-order valence-electron chi connectivity index (χ2n) is 6.99. The molecule has 3 aromatic rings. The van der Waals surface area contributed by atoms with E-state index in [0.29, 0.717) is 22.8 Å². The van der Waals surface area contributed by atoms with E-state index < -0.39 is 0 Å². The van der Waals surface area contributed by atoms with Crippen LogP contribution in [0.2, 0.25) is 0 Å². The van der Waals surface area contributed by atoms with Crippen LogP contribution in [0.15, 0.2) is 35.3 Å². The van der Waals surface area contributed by atoms with Crippen molar-refractivity contribution in [2.45, 2.75) is 25.3 Å². The largest absolute Gasteiger partial charge is 0.367 e. The molecule has 3 aromatic heterocycles. The van der Waals surface area contributed by atoms with Crippen LogP contribution in [-0.2, 0) is 9.59 Å². The lowest BCUT2D eigenvalue weighted by molar-refractivity contribution is -0.124. The lowest BCUT2D eigenvalue weighted by atomic mass is 10.1. The van der Waals surface area contributed by atoms with E-state index in [1.165, 1.54) is 0 Å². The van der Waals surface area contributed by atoms with Gasteiger partial charge in [-0.1, -0.05) is 0 Å². The normalized spacial score (nSPS) is 18.1. The highest BCUT2D eigenvalue weighted by Crippen LogP contribution is 2.32. The molecule has 1 saturated heterocycles. The zero-order valence-corrected chi connectivity index (χ0v) is 16.0. The summed E-state index contributed by atoms with van der Waals surface area (Å²) in [7, 11) is 1.98. The molecule has 4 heterocycles. The van der Waals surface area contributed by atoms with Crippen LogP contribution in [-0.4, -0.2) is 39.5 Å². The van der Waals surface area contributed by atoms with Gasteiger partial charge in [0.25, 0.3) is 5.91 Å². The number of thiophene rings is 1. The van der Waals surface area contributed by atoms with Crippen molar-refractivity contribution in [2.24, 2.45) is 0 Å². The first-order chi connectivity index (χ1) is 13.6. The molecule has 0 bridgehead atoms. The number of nitrogens with zero attached hydrogens (tertiary/aromatic N) is 4. The molecule has 0 aromatic carbocycles. The monoisotopic (exact) mass is 394 g/mol. The topological polar surface area (TPSA) is 91.6 Å². The SMILES string of the molecule is CN(c1cc(NC2CC2)n2ncc(/C=C3\CC(=O)NC3=O)c2n1)c1cccs1. The average Bonchev–Trinajstić information content (AvgIpc) is 3.07. The molecule has 2 fully saturated rings. The molecule has 8 nitrogen and oxygen atoms in total. The minimum Gasteiger partial charge on any atom is -0.367 e. The summed E-state index contributed by atoms with van der Waals surface area (Å²) in [4.78, 5) is 30.2. The Morgan fingerprint density at radius 1 is 1.39 bits per heavy atom. The van der Waals surface area contributed by atoms with E-state index in [2.05, 4.69) is 15.7 Å². The van der Waals surface area contributed by atoms with E-state index in [1.54, 1.807) is 28.1 Å². The van der Waals surface area contributed by atoms with Gasteiger partial charge in [-0.3, -0.25) is 14.9 Å². The lowest BCUT2D eigenvalue weighted by Gasteiger charge is -2.18. The van der Waals surface area contributed by atoms with Crippen LogP contribution in [0.25, 0.3) is 11.7 Å². The first-order valence-electron chi connectivity index (χ1n) is 9.06. The van der Waals surface area contributed by atoms with Gasteiger partial charge in [0.05, 0.1) is 17.6 Å². The van der Waals surface area contributed by atoms with E-state index >= 15 is 0 Å². The van der Waals surface area contributed by atoms with Gasteiger partial charge in [-0.15, -0.1) is 11.3 Å². The number of aromatic nitrogens is 3. The van der Waals surface area contributed by atoms with E-state index in [4.69, 9.17) is 4.98 Å². The van der Waals surface area contributed by atoms with Crippen molar-refractivity contribution in [3.05, 3.63) is 40.9 Å². The zero-order chi connectivity index (χ0) is 19.3. The third-order valence-electron chi connectivity index (χ3n) is 4.82. The van der Waals surface area contributed by atoms with Crippen molar-refractivity contribution in [3.8, 4) is 0 Å². The number of imide groups is 1. The minimum absolute atomic E-state index is 0.0815. The van der Waals surface area contributed by atoms with E-state index in [-0.39, 0.29) is 18.2 Å². The van der Waals surface area contributed by atoms with Gasteiger partial charge in [-0.2, -0.15) is 9.61 Å². The molecule has 0 atom stereocenters. The van der Waals surface area contributed by atoms with Crippen LogP contribution in [0.1, 0.15) is 24.8 Å². The Morgan fingerprint density at radius 2 is 2.25 bits per heavy atom. The second-order valence-corrected chi connectivity index (χ2v) is 7.91. The summed E-state index contributed by atoms with van der Waals surface area (Å²) in [5, 5.41) is 13.4. The number of fused-ring (bicyclic) bond motifs is 1. The Bertz CT molecular complexity index is 1110. The Labute approximate surface area is 164 Å². The maximum atomic E-state index is 11.9. The first kappa shape index (κ1) is 16.9. The fourth-order valence-electron chi connectivity index (χ4n) is 3.16. The molecular weight excluding hydrogens is 376 g/mol. The molecule has 28 heavy (non-hydrogen) atoms. The standard InChI is InChI=1S/C19H18N6O2S/c1-24(17-3-2-6-28-17)14-9-15(21-13-4-5-13)25-18(22-14)12(10-20-25)7-11-8-16(26)23-19(11)27/h2-3,6-7,9-10,13,21H,4-5,8H2,1H3,(H,23,26,27)/b11-7+. The van der Waals surface area contributed by atoms with E-state index in [9.17, 15) is 9.59 Å².